The summed E-state index contributed by atoms with van der Waals surface area (Å²) in [6.45, 7) is 4.31. The number of aryl methyl sites for hydroxylation is 1. The highest BCUT2D eigenvalue weighted by Crippen LogP contribution is 2.47. The fraction of sp³-hybridized carbons (Fsp3) is 0.375. The standard InChI is InChI=1S/C24H27N5O3/c1-16-4-5-17(28-12-18(13-28)27(2)3)10-20(16)23(31)26-24(7-8-24)21-6-9-25-29-14-19(32-15-30)11-22(21)29/h4-6,9-11,14-15,18H,7-8,12-13H2,1-3H3,(H,26,31). The van der Waals surface area contributed by atoms with Gasteiger partial charge in [0, 0.05) is 48.2 Å². The molecule has 1 aliphatic carbocycles. The highest BCUT2D eigenvalue weighted by Gasteiger charge is 2.47. The third kappa shape index (κ3) is 3.50. The molecule has 0 unspecified atom stereocenters. The van der Waals surface area contributed by atoms with E-state index in [0.717, 1.165) is 48.3 Å². The lowest BCUT2D eigenvalue weighted by Gasteiger charge is -2.44. The van der Waals surface area contributed by atoms with Crippen LogP contribution in [-0.4, -0.2) is 60.1 Å². The van der Waals surface area contributed by atoms with Crippen LogP contribution in [0, 0.1) is 6.92 Å². The largest absolute Gasteiger partial charge is 0.427 e. The van der Waals surface area contributed by atoms with Crippen molar-refractivity contribution in [3.05, 3.63) is 59.4 Å². The number of hydrogen-bond acceptors (Lipinski definition) is 6. The average molecular weight is 434 g/mol. The Morgan fingerprint density at radius 1 is 1.25 bits per heavy atom. The number of nitrogens with one attached hydrogen (secondary N) is 1. The van der Waals surface area contributed by atoms with Gasteiger partial charge in [-0.15, -0.1) is 0 Å². The molecule has 32 heavy (non-hydrogen) atoms. The smallest absolute Gasteiger partial charge is 0.298 e. The molecular formula is C24H27N5O3. The summed E-state index contributed by atoms with van der Waals surface area (Å²) in [6.07, 6.45) is 5.06. The molecule has 1 saturated carbocycles. The number of benzene rings is 1. The molecule has 1 amide bonds. The summed E-state index contributed by atoms with van der Waals surface area (Å²) >= 11 is 0. The van der Waals surface area contributed by atoms with E-state index in [9.17, 15) is 9.59 Å². The van der Waals surface area contributed by atoms with Gasteiger partial charge in [0.05, 0.1) is 17.3 Å². The Labute approximate surface area is 186 Å². The van der Waals surface area contributed by atoms with Gasteiger partial charge < -0.3 is 19.9 Å². The van der Waals surface area contributed by atoms with Crippen LogP contribution in [-0.2, 0) is 10.3 Å². The molecule has 5 rings (SSSR count). The molecule has 2 aliphatic rings. The quantitative estimate of drug-likeness (QED) is 0.577. The number of nitrogens with zero attached hydrogens (tertiary/aromatic N) is 4. The number of anilines is 1. The van der Waals surface area contributed by atoms with Gasteiger partial charge in [0.15, 0.2) is 5.75 Å². The molecule has 3 heterocycles. The number of rotatable bonds is 7. The number of carbonyl (C=O) groups excluding carboxylic acids is 2. The molecule has 1 aliphatic heterocycles. The molecule has 8 heteroatoms. The van der Waals surface area contributed by atoms with Gasteiger partial charge in [0.1, 0.15) is 0 Å². The molecule has 1 aromatic carbocycles. The topological polar surface area (TPSA) is 79.2 Å². The third-order valence-electron chi connectivity index (χ3n) is 6.71. The van der Waals surface area contributed by atoms with Gasteiger partial charge in [0.2, 0.25) is 0 Å². The number of carbonyl (C=O) groups is 2. The van der Waals surface area contributed by atoms with Gasteiger partial charge in [-0.2, -0.15) is 5.10 Å². The van der Waals surface area contributed by atoms with E-state index in [4.69, 9.17) is 4.74 Å². The first-order chi connectivity index (χ1) is 15.4. The maximum absolute atomic E-state index is 13.4. The Morgan fingerprint density at radius 3 is 2.72 bits per heavy atom. The lowest BCUT2D eigenvalue weighted by atomic mass is 10.0. The summed E-state index contributed by atoms with van der Waals surface area (Å²) in [5.74, 6) is 0.355. The molecule has 0 atom stereocenters. The summed E-state index contributed by atoms with van der Waals surface area (Å²) in [6, 6.07) is 10.4. The Morgan fingerprint density at radius 2 is 2.03 bits per heavy atom. The van der Waals surface area contributed by atoms with E-state index in [1.165, 1.54) is 0 Å². The van der Waals surface area contributed by atoms with Crippen LogP contribution >= 0.6 is 0 Å². The molecule has 2 fully saturated rings. The minimum Gasteiger partial charge on any atom is -0.427 e. The van der Waals surface area contributed by atoms with Crippen molar-refractivity contribution in [1.82, 2.24) is 19.8 Å². The number of aromatic nitrogens is 2. The fourth-order valence-electron chi connectivity index (χ4n) is 4.43. The number of fused-ring (bicyclic) bond motifs is 1. The van der Waals surface area contributed by atoms with E-state index < -0.39 is 5.54 Å². The van der Waals surface area contributed by atoms with Gasteiger partial charge in [-0.25, -0.2) is 4.52 Å². The first kappa shape index (κ1) is 20.5. The lowest BCUT2D eigenvalue weighted by molar-refractivity contribution is -0.120. The molecule has 0 spiro atoms. The molecule has 166 valence electrons. The van der Waals surface area contributed by atoms with E-state index in [2.05, 4.69) is 40.4 Å². The minimum absolute atomic E-state index is 0.0718. The van der Waals surface area contributed by atoms with Gasteiger partial charge >= 0.3 is 0 Å². The van der Waals surface area contributed by atoms with Crippen molar-refractivity contribution < 1.29 is 14.3 Å². The number of amides is 1. The van der Waals surface area contributed by atoms with E-state index >= 15 is 0 Å². The average Bonchev–Trinajstić information content (AvgIpc) is 3.37. The van der Waals surface area contributed by atoms with Crippen LogP contribution in [0.1, 0.15) is 34.3 Å². The second kappa shape index (κ2) is 7.63. The van der Waals surface area contributed by atoms with Crippen LogP contribution in [0.2, 0.25) is 0 Å². The fourth-order valence-corrected chi connectivity index (χ4v) is 4.43. The van der Waals surface area contributed by atoms with E-state index in [1.54, 1.807) is 23.0 Å². The third-order valence-corrected chi connectivity index (χ3v) is 6.71. The summed E-state index contributed by atoms with van der Waals surface area (Å²) in [5, 5.41) is 7.59. The zero-order chi connectivity index (χ0) is 22.5. The molecule has 0 bridgehead atoms. The highest BCUT2D eigenvalue weighted by atomic mass is 16.5. The van der Waals surface area contributed by atoms with Crippen LogP contribution in [0.25, 0.3) is 5.52 Å². The predicted octanol–water partition coefficient (Wildman–Crippen LogP) is 2.35. The molecule has 0 radical (unpaired) electrons. The number of hydrogen-bond donors (Lipinski definition) is 1. The maximum atomic E-state index is 13.4. The Balaban J connectivity index is 1.39. The van der Waals surface area contributed by atoms with E-state index in [1.807, 2.05) is 25.1 Å². The molecule has 2 aromatic heterocycles. The second-order valence-corrected chi connectivity index (χ2v) is 9.02. The zero-order valence-corrected chi connectivity index (χ0v) is 18.5. The maximum Gasteiger partial charge on any atom is 0.298 e. The Kier molecular flexibility index (Phi) is 4.89. The first-order valence-corrected chi connectivity index (χ1v) is 10.8. The van der Waals surface area contributed by atoms with Crippen LogP contribution in [0.4, 0.5) is 5.69 Å². The molecule has 8 nitrogen and oxygen atoms in total. The summed E-state index contributed by atoms with van der Waals surface area (Å²) in [5.41, 5.74) is 4.10. The normalized spacial score (nSPS) is 17.3. The van der Waals surface area contributed by atoms with Crippen molar-refractivity contribution in [3.8, 4) is 5.75 Å². The van der Waals surface area contributed by atoms with E-state index in [-0.39, 0.29) is 5.91 Å². The lowest BCUT2D eigenvalue weighted by Crippen LogP contribution is -2.57. The first-order valence-electron chi connectivity index (χ1n) is 10.8. The van der Waals surface area contributed by atoms with Crippen LogP contribution in [0.3, 0.4) is 0 Å². The van der Waals surface area contributed by atoms with Gasteiger partial charge in [0.25, 0.3) is 12.4 Å². The number of ether oxygens (including phenoxy) is 1. The van der Waals surface area contributed by atoms with Crippen LogP contribution in [0.15, 0.2) is 42.7 Å². The van der Waals surface area contributed by atoms with Crippen molar-refractivity contribution in [2.75, 3.05) is 32.1 Å². The van der Waals surface area contributed by atoms with Gasteiger partial charge in [-0.1, -0.05) is 6.07 Å². The van der Waals surface area contributed by atoms with Gasteiger partial charge in [-0.3, -0.25) is 9.59 Å². The summed E-state index contributed by atoms with van der Waals surface area (Å²) in [4.78, 5) is 28.6. The van der Waals surface area contributed by atoms with Crippen molar-refractivity contribution >= 4 is 23.6 Å². The van der Waals surface area contributed by atoms with Crippen molar-refractivity contribution in [1.29, 1.82) is 0 Å². The molecule has 3 aromatic rings. The molecular weight excluding hydrogens is 406 g/mol. The number of likely N-dealkylation sites (N-methyl/N-ethyl adjacent to an activating group) is 1. The molecule has 1 saturated heterocycles. The van der Waals surface area contributed by atoms with Crippen LogP contribution < -0.4 is 15.0 Å². The second-order valence-electron chi connectivity index (χ2n) is 9.02. The SMILES string of the molecule is Cc1ccc(N2CC(N(C)C)C2)cc1C(=O)NC1(c2ccnn3cc(OC=O)cc23)CC1. The highest BCUT2D eigenvalue weighted by molar-refractivity contribution is 5.97. The van der Waals surface area contributed by atoms with Crippen LogP contribution in [0.5, 0.6) is 5.75 Å². The summed E-state index contributed by atoms with van der Waals surface area (Å²) < 4.78 is 6.66. The monoisotopic (exact) mass is 433 g/mol. The minimum atomic E-state index is -0.437. The molecule has 1 N–H and O–H groups in total. The van der Waals surface area contributed by atoms with Crippen molar-refractivity contribution in [3.63, 3.8) is 0 Å². The predicted molar refractivity (Wildman–Crippen MR) is 121 cm³/mol. The Bertz CT molecular complexity index is 1190. The van der Waals surface area contributed by atoms with Crippen molar-refractivity contribution in [2.45, 2.75) is 31.3 Å². The zero-order valence-electron chi connectivity index (χ0n) is 18.5. The Hall–Kier alpha value is -3.39. The summed E-state index contributed by atoms with van der Waals surface area (Å²) in [7, 11) is 4.19. The van der Waals surface area contributed by atoms with Gasteiger partial charge in [-0.05, 0) is 57.6 Å². The van der Waals surface area contributed by atoms with Crippen molar-refractivity contribution in [2.24, 2.45) is 0 Å². The van der Waals surface area contributed by atoms with E-state index in [0.29, 0.717) is 23.8 Å².